The molecule has 0 saturated carbocycles. The number of aryl methyl sites for hydroxylation is 1. The molecule has 0 spiro atoms. The summed E-state index contributed by atoms with van der Waals surface area (Å²) in [5.41, 5.74) is -0.831. The van der Waals surface area contributed by atoms with Crippen LogP contribution in [0, 0.1) is 6.92 Å². The van der Waals surface area contributed by atoms with E-state index in [4.69, 9.17) is 4.74 Å². The highest BCUT2D eigenvalue weighted by molar-refractivity contribution is 9.10. The lowest BCUT2D eigenvalue weighted by atomic mass is 10.2. The molecule has 2 aromatic rings. The van der Waals surface area contributed by atoms with E-state index in [0.717, 1.165) is 0 Å². The molecule has 1 heterocycles. The molecule has 4 nitrogen and oxygen atoms in total. The van der Waals surface area contributed by atoms with Crippen LogP contribution < -0.4 is 10.1 Å². The van der Waals surface area contributed by atoms with E-state index in [9.17, 15) is 18.0 Å². The van der Waals surface area contributed by atoms with E-state index in [1.54, 1.807) is 12.1 Å². The van der Waals surface area contributed by atoms with Gasteiger partial charge in [-0.2, -0.15) is 13.2 Å². The van der Waals surface area contributed by atoms with E-state index in [1.807, 2.05) is 0 Å². The Bertz CT molecular complexity index is 716. The van der Waals surface area contributed by atoms with Gasteiger partial charge in [0.05, 0.1) is 17.8 Å². The number of hydrogen-bond donors (Lipinski definition) is 1. The normalized spacial score (nSPS) is 11.4. The number of ether oxygens (including phenoxy) is 1. The lowest BCUT2D eigenvalue weighted by Gasteiger charge is -2.09. The topological polar surface area (TPSA) is 51.2 Å². The van der Waals surface area contributed by atoms with E-state index in [-0.39, 0.29) is 5.01 Å². The zero-order valence-corrected chi connectivity index (χ0v) is 13.8. The molecule has 1 N–H and O–H groups in total. The number of anilines is 1. The zero-order chi connectivity index (χ0) is 16.5. The van der Waals surface area contributed by atoms with Crippen molar-refractivity contribution in [3.8, 4) is 5.75 Å². The summed E-state index contributed by atoms with van der Waals surface area (Å²) >= 11 is 3.92. The fourth-order valence-electron chi connectivity index (χ4n) is 1.68. The van der Waals surface area contributed by atoms with Crippen molar-refractivity contribution in [2.24, 2.45) is 0 Å². The smallest absolute Gasteiger partial charge is 0.435 e. The second-order valence-corrected chi connectivity index (χ2v) is 6.27. The molecular weight excluding hydrogens is 385 g/mol. The monoisotopic (exact) mass is 394 g/mol. The Morgan fingerprint density at radius 1 is 1.41 bits per heavy atom. The summed E-state index contributed by atoms with van der Waals surface area (Å²) in [5.74, 6) is -0.307. The SMILES string of the molecule is COc1ccc(NC(=O)c2sc(C)nc2C(F)(F)F)c(Br)c1. The molecular formula is C13H10BrF3N2O2S. The Kier molecular flexibility index (Phi) is 4.76. The number of nitrogens with zero attached hydrogens (tertiary/aromatic N) is 1. The molecule has 0 bridgehead atoms. The van der Waals surface area contributed by atoms with E-state index < -0.39 is 22.7 Å². The van der Waals surface area contributed by atoms with Gasteiger partial charge < -0.3 is 10.1 Å². The van der Waals surface area contributed by atoms with Crippen LogP contribution in [0.3, 0.4) is 0 Å². The van der Waals surface area contributed by atoms with Gasteiger partial charge in [-0.15, -0.1) is 11.3 Å². The van der Waals surface area contributed by atoms with Crippen LogP contribution in [0.15, 0.2) is 22.7 Å². The van der Waals surface area contributed by atoms with Gasteiger partial charge in [-0.3, -0.25) is 4.79 Å². The number of thiazole rings is 1. The van der Waals surface area contributed by atoms with Gasteiger partial charge in [-0.25, -0.2) is 4.98 Å². The number of alkyl halides is 3. The molecule has 22 heavy (non-hydrogen) atoms. The van der Waals surface area contributed by atoms with Crippen LogP contribution in [0.1, 0.15) is 20.4 Å². The fraction of sp³-hybridized carbons (Fsp3) is 0.231. The quantitative estimate of drug-likeness (QED) is 0.833. The molecule has 0 radical (unpaired) electrons. The predicted octanol–water partition coefficient (Wildman–Crippen LogP) is 4.49. The number of methoxy groups -OCH3 is 1. The largest absolute Gasteiger partial charge is 0.497 e. The first kappa shape index (κ1) is 16.8. The highest BCUT2D eigenvalue weighted by Gasteiger charge is 2.39. The molecule has 118 valence electrons. The minimum atomic E-state index is -4.67. The standard InChI is InChI=1S/C13H10BrF3N2O2S/c1-6-18-11(13(15,16)17)10(22-6)12(20)19-9-4-3-7(21-2)5-8(9)14/h3-5H,1-2H3,(H,19,20). The molecule has 0 aliphatic heterocycles. The second kappa shape index (κ2) is 6.25. The van der Waals surface area contributed by atoms with Crippen LogP contribution in [0.4, 0.5) is 18.9 Å². The average Bonchev–Trinajstić information content (AvgIpc) is 2.83. The summed E-state index contributed by atoms with van der Waals surface area (Å²) in [4.78, 5) is 15.0. The summed E-state index contributed by atoms with van der Waals surface area (Å²) in [6.45, 7) is 1.42. The Labute approximate surface area is 136 Å². The van der Waals surface area contributed by atoms with Crippen molar-refractivity contribution in [1.29, 1.82) is 0 Å². The molecule has 2 rings (SSSR count). The average molecular weight is 395 g/mol. The van der Waals surface area contributed by atoms with Crippen LogP contribution in [0.2, 0.25) is 0 Å². The number of halogens is 4. The van der Waals surface area contributed by atoms with E-state index in [0.29, 0.717) is 27.2 Å². The van der Waals surface area contributed by atoms with Crippen LogP contribution >= 0.6 is 27.3 Å². The molecule has 0 fully saturated rings. The molecule has 0 saturated heterocycles. The zero-order valence-electron chi connectivity index (χ0n) is 11.4. The molecule has 0 aliphatic carbocycles. The van der Waals surface area contributed by atoms with Crippen LogP contribution in [0.25, 0.3) is 0 Å². The predicted molar refractivity (Wildman–Crippen MR) is 80.5 cm³/mol. The number of carbonyl (C=O) groups excluding carboxylic acids is 1. The van der Waals surface area contributed by atoms with Gasteiger partial charge in [-0.05, 0) is 41.1 Å². The lowest BCUT2D eigenvalue weighted by Crippen LogP contribution is -2.17. The number of carbonyl (C=O) groups is 1. The van der Waals surface area contributed by atoms with E-state index >= 15 is 0 Å². The summed E-state index contributed by atoms with van der Waals surface area (Å²) in [5, 5.41) is 2.61. The Morgan fingerprint density at radius 2 is 2.09 bits per heavy atom. The number of benzene rings is 1. The van der Waals surface area contributed by atoms with Gasteiger partial charge in [0.2, 0.25) is 0 Å². The summed E-state index contributed by atoms with van der Waals surface area (Å²) in [6.07, 6.45) is -4.67. The van der Waals surface area contributed by atoms with Crippen molar-refractivity contribution >= 4 is 38.9 Å². The third-order valence-electron chi connectivity index (χ3n) is 2.63. The molecule has 0 unspecified atom stereocenters. The van der Waals surface area contributed by atoms with Crippen LogP contribution in [-0.2, 0) is 6.18 Å². The first-order chi connectivity index (χ1) is 10.2. The maximum Gasteiger partial charge on any atom is 0.435 e. The van der Waals surface area contributed by atoms with Gasteiger partial charge in [0.25, 0.3) is 5.91 Å². The van der Waals surface area contributed by atoms with Crippen LogP contribution in [-0.4, -0.2) is 18.0 Å². The fourth-order valence-corrected chi connectivity index (χ4v) is 2.97. The summed E-state index contributed by atoms with van der Waals surface area (Å²) in [6, 6.07) is 4.71. The Balaban J connectivity index is 2.30. The van der Waals surface area contributed by atoms with Crippen LogP contribution in [0.5, 0.6) is 5.75 Å². The van der Waals surface area contributed by atoms with Crippen molar-refractivity contribution in [2.45, 2.75) is 13.1 Å². The van der Waals surface area contributed by atoms with Gasteiger partial charge >= 0.3 is 6.18 Å². The number of aromatic nitrogens is 1. The molecule has 9 heteroatoms. The minimum absolute atomic E-state index is 0.172. The molecule has 0 atom stereocenters. The first-order valence-corrected chi connectivity index (χ1v) is 7.53. The third kappa shape index (κ3) is 3.58. The lowest BCUT2D eigenvalue weighted by molar-refractivity contribution is -0.141. The Hall–Kier alpha value is -1.61. The highest BCUT2D eigenvalue weighted by Crippen LogP contribution is 2.35. The summed E-state index contributed by atoms with van der Waals surface area (Å²) in [7, 11) is 1.48. The van der Waals surface area contributed by atoms with Gasteiger partial charge in [0, 0.05) is 4.47 Å². The molecule has 1 aromatic heterocycles. The van der Waals surface area contributed by atoms with Crippen molar-refractivity contribution < 1.29 is 22.7 Å². The van der Waals surface area contributed by atoms with Gasteiger partial charge in [0.15, 0.2) is 5.69 Å². The number of rotatable bonds is 3. The van der Waals surface area contributed by atoms with E-state index in [2.05, 4.69) is 26.2 Å². The van der Waals surface area contributed by atoms with Gasteiger partial charge in [-0.1, -0.05) is 0 Å². The molecule has 1 aromatic carbocycles. The third-order valence-corrected chi connectivity index (χ3v) is 4.26. The molecule has 1 amide bonds. The van der Waals surface area contributed by atoms with E-state index in [1.165, 1.54) is 20.1 Å². The number of hydrogen-bond acceptors (Lipinski definition) is 4. The van der Waals surface area contributed by atoms with Crippen molar-refractivity contribution in [3.05, 3.63) is 38.3 Å². The van der Waals surface area contributed by atoms with Crippen molar-refractivity contribution in [2.75, 3.05) is 12.4 Å². The second-order valence-electron chi connectivity index (χ2n) is 4.21. The highest BCUT2D eigenvalue weighted by atomic mass is 79.9. The van der Waals surface area contributed by atoms with Crippen molar-refractivity contribution in [3.63, 3.8) is 0 Å². The molecule has 0 aliphatic rings. The maximum atomic E-state index is 12.9. The van der Waals surface area contributed by atoms with Gasteiger partial charge in [0.1, 0.15) is 10.6 Å². The first-order valence-electron chi connectivity index (χ1n) is 5.92. The van der Waals surface area contributed by atoms with Crippen molar-refractivity contribution in [1.82, 2.24) is 4.98 Å². The Morgan fingerprint density at radius 3 is 2.64 bits per heavy atom. The minimum Gasteiger partial charge on any atom is -0.497 e. The number of amides is 1. The number of nitrogens with one attached hydrogen (secondary N) is 1. The maximum absolute atomic E-state index is 12.9. The summed E-state index contributed by atoms with van der Waals surface area (Å²) < 4.78 is 44.1.